The summed E-state index contributed by atoms with van der Waals surface area (Å²) in [6.45, 7) is 8.01. The Bertz CT molecular complexity index is 155. The van der Waals surface area contributed by atoms with Gasteiger partial charge in [-0.3, -0.25) is 0 Å². The quantitative estimate of drug-likeness (QED) is 0.263. The van der Waals surface area contributed by atoms with Gasteiger partial charge in [0.15, 0.2) is 0 Å². The predicted molar refractivity (Wildman–Crippen MR) is 45.0 cm³/mol. The molecule has 0 aromatic carbocycles. The van der Waals surface area contributed by atoms with Crippen LogP contribution >= 0.6 is 0 Å². The van der Waals surface area contributed by atoms with Gasteiger partial charge in [0, 0.05) is 0 Å². The number of carbonyl (C=O) groups is 1. The van der Waals surface area contributed by atoms with Crippen LogP contribution in [0.15, 0.2) is 0 Å². The van der Waals surface area contributed by atoms with Gasteiger partial charge >= 0.3 is 84.1 Å². The molecule has 1 fully saturated rings. The second-order valence-electron chi connectivity index (χ2n) is 3.11. The maximum absolute atomic E-state index is 11.6. The van der Waals surface area contributed by atoms with Gasteiger partial charge < -0.3 is 0 Å². The molecule has 0 radical (unpaired) electrons. The average Bonchev–Trinajstić information content (AvgIpc) is 2.05. The van der Waals surface area contributed by atoms with Gasteiger partial charge in [-0.2, -0.15) is 0 Å². The SMILES string of the molecule is CC(C)[I-]C(=O)N1CCNCC1. The van der Waals surface area contributed by atoms with Crippen molar-refractivity contribution in [1.82, 2.24) is 10.2 Å². The molecule has 1 rings (SSSR count). The summed E-state index contributed by atoms with van der Waals surface area (Å²) in [5.74, 6) is 0. The predicted octanol–water partition coefficient (Wildman–Crippen LogP) is -2.49. The number of nitrogens with one attached hydrogen (secondary N) is 1. The van der Waals surface area contributed by atoms with Gasteiger partial charge in [-0.15, -0.1) is 0 Å². The molecule has 0 aliphatic carbocycles. The molecular formula is C8H16IN2O-. The summed E-state index contributed by atoms with van der Waals surface area (Å²) in [5, 5.41) is 3.24. The Hall–Kier alpha value is 0.160. The number of halogens is 1. The number of nitrogens with zero attached hydrogens (tertiary/aromatic N) is 1. The number of piperazine rings is 1. The zero-order valence-electron chi connectivity index (χ0n) is 7.64. The molecule has 1 amide bonds. The molecule has 12 heavy (non-hydrogen) atoms. The summed E-state index contributed by atoms with van der Waals surface area (Å²) >= 11 is -0.264. The molecule has 1 aliphatic rings. The van der Waals surface area contributed by atoms with Crippen molar-refractivity contribution in [3.63, 3.8) is 0 Å². The van der Waals surface area contributed by atoms with E-state index >= 15 is 0 Å². The van der Waals surface area contributed by atoms with Gasteiger partial charge in [0.05, 0.1) is 0 Å². The summed E-state index contributed by atoms with van der Waals surface area (Å²) in [6, 6.07) is 0. The van der Waals surface area contributed by atoms with Crippen LogP contribution in [0.25, 0.3) is 0 Å². The van der Waals surface area contributed by atoms with Crippen LogP contribution in [0, 0.1) is 0 Å². The van der Waals surface area contributed by atoms with Crippen LogP contribution in [-0.4, -0.2) is 38.9 Å². The number of rotatable bonds is 2. The summed E-state index contributed by atoms with van der Waals surface area (Å²) < 4.78 is 1.01. The summed E-state index contributed by atoms with van der Waals surface area (Å²) in [5.41, 5.74) is 0. The Morgan fingerprint density at radius 2 is 2.00 bits per heavy atom. The number of hydrogen-bond donors (Lipinski definition) is 1. The van der Waals surface area contributed by atoms with E-state index in [0.717, 1.165) is 26.2 Å². The summed E-state index contributed by atoms with van der Waals surface area (Å²) in [7, 11) is 0. The second kappa shape index (κ2) is 5.01. The minimum atomic E-state index is -0.264. The van der Waals surface area contributed by atoms with E-state index < -0.39 is 0 Å². The van der Waals surface area contributed by atoms with Gasteiger partial charge in [-0.05, 0) is 0 Å². The Balaban J connectivity index is 2.30. The normalized spacial score (nSPS) is 18.8. The van der Waals surface area contributed by atoms with Crippen molar-refractivity contribution in [3.05, 3.63) is 0 Å². The molecule has 0 spiro atoms. The van der Waals surface area contributed by atoms with E-state index in [2.05, 4.69) is 19.2 Å². The molecule has 3 nitrogen and oxygen atoms in total. The van der Waals surface area contributed by atoms with E-state index in [1.165, 1.54) is 0 Å². The van der Waals surface area contributed by atoms with Crippen molar-refractivity contribution in [1.29, 1.82) is 0 Å². The van der Waals surface area contributed by atoms with Crippen molar-refractivity contribution >= 4 is 3.91 Å². The first-order valence-corrected chi connectivity index (χ1v) is 6.65. The molecule has 72 valence electrons. The first-order chi connectivity index (χ1) is 5.70. The van der Waals surface area contributed by atoms with E-state index in [4.69, 9.17) is 0 Å². The van der Waals surface area contributed by atoms with Gasteiger partial charge in [-0.1, -0.05) is 0 Å². The Kier molecular flexibility index (Phi) is 4.28. The second-order valence-corrected chi connectivity index (χ2v) is 7.15. The number of amides is 1. The van der Waals surface area contributed by atoms with E-state index in [1.807, 2.05) is 4.90 Å². The molecular weight excluding hydrogens is 267 g/mol. The Morgan fingerprint density at radius 1 is 1.42 bits per heavy atom. The van der Waals surface area contributed by atoms with Crippen LogP contribution < -0.4 is 26.5 Å². The zero-order valence-corrected chi connectivity index (χ0v) is 9.80. The van der Waals surface area contributed by atoms with E-state index in [0.29, 0.717) is 7.84 Å². The van der Waals surface area contributed by atoms with E-state index in [1.54, 1.807) is 0 Å². The first-order valence-electron chi connectivity index (χ1n) is 4.33. The van der Waals surface area contributed by atoms with Crippen molar-refractivity contribution in [2.24, 2.45) is 0 Å². The molecule has 4 heteroatoms. The fourth-order valence-electron chi connectivity index (χ4n) is 1.10. The number of carbonyl (C=O) groups excluding carboxylic acids is 1. The van der Waals surface area contributed by atoms with Crippen LogP contribution in [-0.2, 0) is 0 Å². The molecule has 1 N–H and O–H groups in total. The first kappa shape index (κ1) is 10.2. The third-order valence-corrected chi connectivity index (χ3v) is 4.14. The Morgan fingerprint density at radius 3 is 2.50 bits per heavy atom. The van der Waals surface area contributed by atoms with Crippen molar-refractivity contribution in [2.75, 3.05) is 26.2 Å². The van der Waals surface area contributed by atoms with E-state index in [9.17, 15) is 4.79 Å². The van der Waals surface area contributed by atoms with Crippen LogP contribution in [0.3, 0.4) is 0 Å². The van der Waals surface area contributed by atoms with Gasteiger partial charge in [0.25, 0.3) is 0 Å². The average molecular weight is 283 g/mol. The molecule has 0 saturated carbocycles. The topological polar surface area (TPSA) is 32.3 Å². The molecule has 1 saturated heterocycles. The fraction of sp³-hybridized carbons (Fsp3) is 0.875. The molecule has 1 aliphatic heterocycles. The molecule has 0 bridgehead atoms. The summed E-state index contributed by atoms with van der Waals surface area (Å²) in [4.78, 5) is 13.6. The van der Waals surface area contributed by atoms with Crippen molar-refractivity contribution < 1.29 is 26.0 Å². The molecule has 1 heterocycles. The van der Waals surface area contributed by atoms with Crippen molar-refractivity contribution in [2.45, 2.75) is 17.8 Å². The minimum absolute atomic E-state index is 0.264. The molecule has 0 aromatic heterocycles. The van der Waals surface area contributed by atoms with E-state index in [-0.39, 0.29) is 21.2 Å². The van der Waals surface area contributed by atoms with Gasteiger partial charge in [0.2, 0.25) is 0 Å². The number of alkyl halides is 1. The number of hydrogen-bond acceptors (Lipinski definition) is 2. The molecule has 0 unspecified atom stereocenters. The molecule has 0 atom stereocenters. The molecule has 0 aromatic rings. The van der Waals surface area contributed by atoms with Crippen molar-refractivity contribution in [3.8, 4) is 0 Å². The zero-order chi connectivity index (χ0) is 8.97. The van der Waals surface area contributed by atoms with Crippen LogP contribution in [0.5, 0.6) is 0 Å². The third-order valence-electron chi connectivity index (χ3n) is 1.68. The fourth-order valence-corrected chi connectivity index (χ4v) is 3.04. The maximum atomic E-state index is 11.6. The monoisotopic (exact) mass is 283 g/mol. The van der Waals surface area contributed by atoms with Gasteiger partial charge in [0.1, 0.15) is 0 Å². The van der Waals surface area contributed by atoms with Crippen LogP contribution in [0.1, 0.15) is 13.8 Å². The Labute approximate surface area is 84.1 Å². The van der Waals surface area contributed by atoms with Crippen LogP contribution in [0.2, 0.25) is 0 Å². The third kappa shape index (κ3) is 3.26. The summed E-state index contributed by atoms with van der Waals surface area (Å²) in [6.07, 6.45) is 0. The standard InChI is InChI=1S/C8H16IN2O/c1-7(2)9-8(12)11-5-3-10-4-6-11/h7,10H,3-6H2,1-2H3/q-1. The van der Waals surface area contributed by atoms with Crippen LogP contribution in [0.4, 0.5) is 4.79 Å². The van der Waals surface area contributed by atoms with Gasteiger partial charge in [-0.25, -0.2) is 0 Å².